The lowest BCUT2D eigenvalue weighted by Crippen LogP contribution is -2.59. The van der Waals surface area contributed by atoms with Crippen LogP contribution in [0.1, 0.15) is 25.7 Å². The third kappa shape index (κ3) is 3.46. The van der Waals surface area contributed by atoms with Gasteiger partial charge in [-0.3, -0.25) is 0 Å². The molecule has 2 N–H and O–H groups in total. The molecule has 2 aliphatic rings. The van der Waals surface area contributed by atoms with E-state index >= 15 is 0 Å². The van der Waals surface area contributed by atoms with Crippen LogP contribution >= 0.6 is 0 Å². The van der Waals surface area contributed by atoms with Gasteiger partial charge in [0.2, 0.25) is 10.0 Å². The minimum atomic E-state index is -3.24. The van der Waals surface area contributed by atoms with Gasteiger partial charge < -0.3 is 15.3 Å². The molecule has 0 aromatic carbocycles. The van der Waals surface area contributed by atoms with Gasteiger partial charge in [-0.05, 0) is 12.8 Å². The molecule has 9 heteroatoms. The molecular weight excluding hydrogens is 298 g/mol. The van der Waals surface area contributed by atoms with Crippen LogP contribution in [0.3, 0.4) is 0 Å². The smallest absolute Gasteiger partial charge is 0.329 e. The minimum absolute atomic E-state index is 0.242. The molecule has 2 fully saturated rings. The average Bonchev–Trinajstić information content (AvgIpc) is 2.88. The van der Waals surface area contributed by atoms with Gasteiger partial charge in [0.15, 0.2) is 0 Å². The van der Waals surface area contributed by atoms with E-state index in [1.165, 1.54) is 9.21 Å². The van der Waals surface area contributed by atoms with E-state index in [4.69, 9.17) is 0 Å². The topological polar surface area (TPSA) is 107 Å². The molecular formula is C12H21N3O5S. The second-order valence-corrected chi connectivity index (χ2v) is 7.66. The normalized spacial score (nSPS) is 23.0. The molecule has 1 saturated carbocycles. The number of urea groups is 1. The van der Waals surface area contributed by atoms with Crippen molar-refractivity contribution in [1.82, 2.24) is 14.5 Å². The fraction of sp³-hybridized carbons (Fsp3) is 0.833. The Labute approximate surface area is 124 Å². The van der Waals surface area contributed by atoms with Gasteiger partial charge in [0.25, 0.3) is 0 Å². The lowest BCUT2D eigenvalue weighted by molar-refractivity contribution is -0.144. The maximum Gasteiger partial charge on any atom is 0.329 e. The molecule has 0 radical (unpaired) electrons. The van der Waals surface area contributed by atoms with Gasteiger partial charge in [-0.25, -0.2) is 18.0 Å². The number of carbonyl (C=O) groups is 2. The first kappa shape index (κ1) is 16.0. The maximum atomic E-state index is 12.2. The lowest BCUT2D eigenvalue weighted by atomic mass is 9.98. The Kier molecular flexibility index (Phi) is 4.43. The first-order valence-corrected chi connectivity index (χ1v) is 8.85. The summed E-state index contributed by atoms with van der Waals surface area (Å²) in [6.07, 6.45) is 3.60. The molecule has 1 saturated heterocycles. The summed E-state index contributed by atoms with van der Waals surface area (Å²) in [7, 11) is -3.24. The number of aliphatic carboxylic acids is 1. The van der Waals surface area contributed by atoms with E-state index in [9.17, 15) is 23.1 Å². The molecule has 1 aliphatic carbocycles. The fourth-order valence-corrected chi connectivity index (χ4v) is 3.70. The van der Waals surface area contributed by atoms with Crippen LogP contribution < -0.4 is 5.32 Å². The Morgan fingerprint density at radius 1 is 1.10 bits per heavy atom. The number of nitrogens with zero attached hydrogens (tertiary/aromatic N) is 2. The molecule has 0 atom stereocenters. The van der Waals surface area contributed by atoms with E-state index in [1.54, 1.807) is 0 Å². The number of hydrogen-bond donors (Lipinski definition) is 2. The molecule has 8 nitrogen and oxygen atoms in total. The first-order chi connectivity index (χ1) is 9.74. The van der Waals surface area contributed by atoms with Crippen LogP contribution in [0, 0.1) is 0 Å². The quantitative estimate of drug-likeness (QED) is 0.741. The van der Waals surface area contributed by atoms with Crippen molar-refractivity contribution in [2.75, 3.05) is 32.4 Å². The summed E-state index contributed by atoms with van der Waals surface area (Å²) in [6, 6.07) is -0.424. The Balaban J connectivity index is 1.95. The standard InChI is InChI=1S/C12H21N3O5S/c1-21(19,20)15-8-6-14(7-9-15)11(18)13-12(10(16)17)4-2-3-5-12/h2-9H2,1H3,(H,13,18)(H,16,17). The van der Waals surface area contributed by atoms with Crippen LogP contribution in [0.25, 0.3) is 0 Å². The molecule has 2 rings (SSSR count). The number of amides is 2. The average molecular weight is 319 g/mol. The number of sulfonamides is 1. The number of nitrogens with one attached hydrogen (secondary N) is 1. The molecule has 2 amide bonds. The summed E-state index contributed by atoms with van der Waals surface area (Å²) >= 11 is 0. The van der Waals surface area contributed by atoms with Crippen molar-refractivity contribution in [3.63, 3.8) is 0 Å². The Hall–Kier alpha value is -1.35. The molecule has 1 heterocycles. The summed E-state index contributed by atoms with van der Waals surface area (Å²) in [4.78, 5) is 25.1. The summed E-state index contributed by atoms with van der Waals surface area (Å²) in [5.74, 6) is -0.997. The highest BCUT2D eigenvalue weighted by Gasteiger charge is 2.43. The van der Waals surface area contributed by atoms with E-state index in [2.05, 4.69) is 5.32 Å². The third-order valence-corrected chi connectivity index (χ3v) is 5.51. The van der Waals surface area contributed by atoms with Crippen molar-refractivity contribution in [2.45, 2.75) is 31.2 Å². The molecule has 0 aromatic rings. The van der Waals surface area contributed by atoms with Crippen LogP contribution in [0.2, 0.25) is 0 Å². The minimum Gasteiger partial charge on any atom is -0.480 e. The van der Waals surface area contributed by atoms with E-state index in [0.717, 1.165) is 19.1 Å². The monoisotopic (exact) mass is 319 g/mol. The van der Waals surface area contributed by atoms with Gasteiger partial charge in [0.1, 0.15) is 5.54 Å². The largest absolute Gasteiger partial charge is 0.480 e. The molecule has 0 spiro atoms. The SMILES string of the molecule is CS(=O)(=O)N1CCN(C(=O)NC2(C(=O)O)CCCC2)CC1. The van der Waals surface area contributed by atoms with Crippen LogP contribution in [0.15, 0.2) is 0 Å². The first-order valence-electron chi connectivity index (χ1n) is 7.00. The fourth-order valence-electron chi connectivity index (χ4n) is 2.88. The van der Waals surface area contributed by atoms with Crippen molar-refractivity contribution in [1.29, 1.82) is 0 Å². The molecule has 0 aromatic heterocycles. The van der Waals surface area contributed by atoms with Crippen LogP contribution in [0.5, 0.6) is 0 Å². The molecule has 0 bridgehead atoms. The van der Waals surface area contributed by atoms with Gasteiger partial charge in [-0.2, -0.15) is 4.31 Å². The highest BCUT2D eigenvalue weighted by molar-refractivity contribution is 7.88. The summed E-state index contributed by atoms with van der Waals surface area (Å²) < 4.78 is 24.1. The molecule has 21 heavy (non-hydrogen) atoms. The van der Waals surface area contributed by atoms with Crippen LogP contribution in [0.4, 0.5) is 4.79 Å². The second kappa shape index (κ2) is 5.80. The van der Waals surface area contributed by atoms with Crippen molar-refractivity contribution < 1.29 is 23.1 Å². The Bertz CT molecular complexity index is 519. The van der Waals surface area contributed by atoms with Crippen molar-refractivity contribution >= 4 is 22.0 Å². The predicted octanol–water partition coefficient (Wildman–Crippen LogP) is -0.329. The second-order valence-electron chi connectivity index (χ2n) is 5.67. The highest BCUT2D eigenvalue weighted by Crippen LogP contribution is 2.30. The summed E-state index contributed by atoms with van der Waals surface area (Å²) in [6.45, 7) is 1.03. The predicted molar refractivity (Wildman–Crippen MR) is 75.4 cm³/mol. The van der Waals surface area contributed by atoms with E-state index < -0.39 is 27.6 Å². The lowest BCUT2D eigenvalue weighted by Gasteiger charge is -2.35. The van der Waals surface area contributed by atoms with Crippen LogP contribution in [-0.4, -0.2) is 72.7 Å². The number of piperazine rings is 1. The van der Waals surface area contributed by atoms with Gasteiger partial charge in [0.05, 0.1) is 6.26 Å². The van der Waals surface area contributed by atoms with E-state index in [0.29, 0.717) is 12.8 Å². The summed E-state index contributed by atoms with van der Waals surface area (Å²) in [5.41, 5.74) is -1.16. The Morgan fingerprint density at radius 3 is 2.05 bits per heavy atom. The zero-order chi connectivity index (χ0) is 15.7. The summed E-state index contributed by atoms with van der Waals surface area (Å²) in [5, 5.41) is 12.0. The number of carbonyl (C=O) groups excluding carboxylic acids is 1. The van der Waals surface area contributed by atoms with Crippen molar-refractivity contribution in [3.8, 4) is 0 Å². The van der Waals surface area contributed by atoms with E-state index in [-0.39, 0.29) is 26.2 Å². The van der Waals surface area contributed by atoms with Crippen molar-refractivity contribution in [2.24, 2.45) is 0 Å². The molecule has 1 aliphatic heterocycles. The molecule has 120 valence electrons. The molecule has 0 unspecified atom stereocenters. The highest BCUT2D eigenvalue weighted by atomic mass is 32.2. The van der Waals surface area contributed by atoms with Gasteiger partial charge in [0, 0.05) is 26.2 Å². The third-order valence-electron chi connectivity index (χ3n) is 4.21. The number of carboxylic acids is 1. The zero-order valence-corrected chi connectivity index (χ0v) is 12.9. The Morgan fingerprint density at radius 2 is 1.62 bits per heavy atom. The van der Waals surface area contributed by atoms with Gasteiger partial charge in [-0.15, -0.1) is 0 Å². The van der Waals surface area contributed by atoms with Crippen LogP contribution in [-0.2, 0) is 14.8 Å². The van der Waals surface area contributed by atoms with Gasteiger partial charge in [-0.1, -0.05) is 12.8 Å². The van der Waals surface area contributed by atoms with E-state index in [1.807, 2.05) is 0 Å². The number of hydrogen-bond acceptors (Lipinski definition) is 4. The van der Waals surface area contributed by atoms with Crippen molar-refractivity contribution in [3.05, 3.63) is 0 Å². The zero-order valence-electron chi connectivity index (χ0n) is 12.0. The number of carboxylic acid groups (broad SMARTS) is 1. The maximum absolute atomic E-state index is 12.2. The number of rotatable bonds is 3. The van der Waals surface area contributed by atoms with Gasteiger partial charge >= 0.3 is 12.0 Å².